The number of benzene rings is 1. The summed E-state index contributed by atoms with van der Waals surface area (Å²) < 4.78 is 25.5. The third kappa shape index (κ3) is 2.86. The Hall–Kier alpha value is -0.620. The molecule has 5 heteroatoms. The van der Waals surface area contributed by atoms with Gasteiger partial charge in [0.05, 0.1) is 13.2 Å². The number of hydrogen-bond acceptors (Lipinski definition) is 4. The van der Waals surface area contributed by atoms with Crippen molar-refractivity contribution in [2.45, 2.75) is 41.2 Å². The van der Waals surface area contributed by atoms with Crippen LogP contribution in [0.4, 0.5) is 4.39 Å². The normalized spacial score (nSPS) is 28.9. The number of hydrogen-bond donors (Lipinski definition) is 1. The van der Waals surface area contributed by atoms with Gasteiger partial charge in [0, 0.05) is 29.0 Å². The molecular formula is C15H20FNO2S. The van der Waals surface area contributed by atoms with Crippen LogP contribution in [-0.4, -0.2) is 37.3 Å². The van der Waals surface area contributed by atoms with Crippen molar-refractivity contribution in [3.8, 4) is 0 Å². The Morgan fingerprint density at radius 2 is 2.05 bits per heavy atom. The van der Waals surface area contributed by atoms with Crippen molar-refractivity contribution in [3.05, 3.63) is 30.1 Å². The lowest BCUT2D eigenvalue weighted by atomic mass is 9.89. The van der Waals surface area contributed by atoms with Crippen molar-refractivity contribution in [1.82, 2.24) is 5.32 Å². The van der Waals surface area contributed by atoms with E-state index in [1.54, 1.807) is 17.8 Å². The molecule has 3 nitrogen and oxygen atoms in total. The molecule has 1 N–H and O–H groups in total. The first kappa shape index (κ1) is 14.3. The molecule has 1 aromatic carbocycles. The van der Waals surface area contributed by atoms with E-state index in [2.05, 4.69) is 5.32 Å². The second-order valence-electron chi connectivity index (χ2n) is 5.33. The van der Waals surface area contributed by atoms with Crippen LogP contribution >= 0.6 is 11.8 Å². The summed E-state index contributed by atoms with van der Waals surface area (Å²) in [6.07, 6.45) is 2.70. The van der Waals surface area contributed by atoms with Crippen molar-refractivity contribution >= 4 is 11.8 Å². The molecule has 2 aliphatic rings. The Balaban J connectivity index is 1.76. The van der Waals surface area contributed by atoms with E-state index < -0.39 is 5.79 Å². The summed E-state index contributed by atoms with van der Waals surface area (Å²) >= 11 is 1.59. The molecule has 2 unspecified atom stereocenters. The second kappa shape index (κ2) is 6.02. The maximum Gasteiger partial charge on any atom is 0.169 e. The van der Waals surface area contributed by atoms with Gasteiger partial charge in [0.15, 0.2) is 5.79 Å². The largest absolute Gasteiger partial charge is 0.347 e. The predicted molar refractivity (Wildman–Crippen MR) is 77.4 cm³/mol. The van der Waals surface area contributed by atoms with Crippen LogP contribution in [0.15, 0.2) is 29.2 Å². The molecule has 1 saturated carbocycles. The molecule has 2 atom stereocenters. The molecular weight excluding hydrogens is 277 g/mol. The van der Waals surface area contributed by atoms with Gasteiger partial charge in [-0.25, -0.2) is 4.39 Å². The lowest BCUT2D eigenvalue weighted by Gasteiger charge is -2.40. The van der Waals surface area contributed by atoms with Gasteiger partial charge < -0.3 is 14.8 Å². The van der Waals surface area contributed by atoms with Gasteiger partial charge in [-0.05, 0) is 25.6 Å². The van der Waals surface area contributed by atoms with E-state index in [0.717, 1.165) is 19.3 Å². The molecule has 1 spiro atoms. The van der Waals surface area contributed by atoms with Crippen LogP contribution in [0.5, 0.6) is 0 Å². The van der Waals surface area contributed by atoms with Crippen molar-refractivity contribution in [1.29, 1.82) is 0 Å². The standard InChI is InChI=1S/C15H20FNO2S/c1-17-12-6-7-15(18-8-9-19-15)10-14(12)20-13-5-3-2-4-11(13)16/h2-5,12,14,17H,6-10H2,1H3. The minimum absolute atomic E-state index is 0.153. The first-order chi connectivity index (χ1) is 9.72. The van der Waals surface area contributed by atoms with Gasteiger partial charge in [-0.15, -0.1) is 11.8 Å². The highest BCUT2D eigenvalue weighted by Gasteiger charge is 2.45. The van der Waals surface area contributed by atoms with E-state index >= 15 is 0 Å². The van der Waals surface area contributed by atoms with Crippen LogP contribution in [0.1, 0.15) is 19.3 Å². The average molecular weight is 297 g/mol. The van der Waals surface area contributed by atoms with Gasteiger partial charge in [0.2, 0.25) is 0 Å². The third-order valence-corrected chi connectivity index (χ3v) is 5.48. The van der Waals surface area contributed by atoms with E-state index in [-0.39, 0.29) is 11.1 Å². The molecule has 1 aromatic rings. The SMILES string of the molecule is CNC1CCC2(CC1Sc1ccccc1F)OCCO2. The molecule has 20 heavy (non-hydrogen) atoms. The fourth-order valence-electron chi connectivity index (χ4n) is 3.03. The number of rotatable bonds is 3. The zero-order valence-corrected chi connectivity index (χ0v) is 12.4. The topological polar surface area (TPSA) is 30.5 Å². The molecule has 1 aliphatic carbocycles. The predicted octanol–water partition coefficient (Wildman–Crippen LogP) is 2.80. The van der Waals surface area contributed by atoms with Gasteiger partial charge in [-0.3, -0.25) is 0 Å². The summed E-state index contributed by atoms with van der Waals surface area (Å²) in [6.45, 7) is 1.34. The van der Waals surface area contributed by atoms with Crippen molar-refractivity contribution in [2.75, 3.05) is 20.3 Å². The monoisotopic (exact) mass is 297 g/mol. The Labute approximate surface area is 123 Å². The fourth-order valence-corrected chi connectivity index (χ4v) is 4.47. The fraction of sp³-hybridized carbons (Fsp3) is 0.600. The van der Waals surface area contributed by atoms with Gasteiger partial charge >= 0.3 is 0 Å². The summed E-state index contributed by atoms with van der Waals surface area (Å²) in [7, 11) is 1.97. The van der Waals surface area contributed by atoms with E-state index in [1.165, 1.54) is 6.07 Å². The highest BCUT2D eigenvalue weighted by atomic mass is 32.2. The molecule has 110 valence electrons. The van der Waals surface area contributed by atoms with Crippen LogP contribution in [-0.2, 0) is 9.47 Å². The summed E-state index contributed by atoms with van der Waals surface area (Å²) in [5.74, 6) is -0.587. The maximum atomic E-state index is 13.8. The summed E-state index contributed by atoms with van der Waals surface area (Å²) in [4.78, 5) is 0.702. The minimum Gasteiger partial charge on any atom is -0.347 e. The van der Waals surface area contributed by atoms with Crippen LogP contribution < -0.4 is 5.32 Å². The molecule has 0 bridgehead atoms. The van der Waals surface area contributed by atoms with Crippen LogP contribution in [0.3, 0.4) is 0 Å². The molecule has 0 amide bonds. The lowest BCUT2D eigenvalue weighted by Crippen LogP contribution is -2.48. The molecule has 1 saturated heterocycles. The van der Waals surface area contributed by atoms with E-state index in [4.69, 9.17) is 9.47 Å². The number of thioether (sulfide) groups is 1. The van der Waals surface area contributed by atoms with Crippen LogP contribution in [0.2, 0.25) is 0 Å². The van der Waals surface area contributed by atoms with E-state index in [9.17, 15) is 4.39 Å². The summed E-state index contributed by atoms with van der Waals surface area (Å²) in [5.41, 5.74) is 0. The quantitative estimate of drug-likeness (QED) is 0.929. The molecule has 3 rings (SSSR count). The highest BCUT2D eigenvalue weighted by molar-refractivity contribution is 8.00. The zero-order chi connectivity index (χ0) is 14.0. The van der Waals surface area contributed by atoms with Gasteiger partial charge in [0.25, 0.3) is 0 Å². The number of halogens is 1. The number of nitrogens with one attached hydrogen (secondary N) is 1. The Kier molecular flexibility index (Phi) is 4.31. The molecule has 0 radical (unpaired) electrons. The third-order valence-electron chi connectivity index (χ3n) is 4.10. The number of ether oxygens (including phenoxy) is 2. The molecule has 1 aliphatic heterocycles. The maximum absolute atomic E-state index is 13.8. The van der Waals surface area contributed by atoms with Gasteiger partial charge in [-0.2, -0.15) is 0 Å². The van der Waals surface area contributed by atoms with Crippen LogP contribution in [0, 0.1) is 5.82 Å². The van der Waals surface area contributed by atoms with Crippen molar-refractivity contribution in [3.63, 3.8) is 0 Å². The summed E-state index contributed by atoms with van der Waals surface area (Å²) in [5, 5.41) is 3.60. The second-order valence-corrected chi connectivity index (χ2v) is 6.61. The molecule has 0 aromatic heterocycles. The van der Waals surface area contributed by atoms with E-state index in [0.29, 0.717) is 24.2 Å². The first-order valence-corrected chi connectivity index (χ1v) is 7.97. The van der Waals surface area contributed by atoms with E-state index in [1.807, 2.05) is 19.2 Å². The van der Waals surface area contributed by atoms with Crippen molar-refractivity contribution in [2.24, 2.45) is 0 Å². The smallest absolute Gasteiger partial charge is 0.169 e. The van der Waals surface area contributed by atoms with Crippen molar-refractivity contribution < 1.29 is 13.9 Å². The highest BCUT2D eigenvalue weighted by Crippen LogP contribution is 2.42. The Morgan fingerprint density at radius 1 is 1.30 bits per heavy atom. The molecule has 1 heterocycles. The minimum atomic E-state index is -0.434. The van der Waals surface area contributed by atoms with Gasteiger partial charge in [-0.1, -0.05) is 12.1 Å². The lowest BCUT2D eigenvalue weighted by molar-refractivity contribution is -0.177. The molecule has 2 fully saturated rings. The average Bonchev–Trinajstić information content (AvgIpc) is 2.90. The zero-order valence-electron chi connectivity index (χ0n) is 11.6. The Bertz CT molecular complexity index is 465. The Morgan fingerprint density at radius 3 is 2.75 bits per heavy atom. The first-order valence-electron chi connectivity index (χ1n) is 7.09. The summed E-state index contributed by atoms with van der Waals surface area (Å²) in [6, 6.07) is 7.31. The van der Waals surface area contributed by atoms with Crippen LogP contribution in [0.25, 0.3) is 0 Å². The van der Waals surface area contributed by atoms with Gasteiger partial charge in [0.1, 0.15) is 5.82 Å².